The van der Waals surface area contributed by atoms with Gasteiger partial charge in [-0.15, -0.1) is 0 Å². The highest BCUT2D eigenvalue weighted by atomic mass is 16.6. The van der Waals surface area contributed by atoms with Gasteiger partial charge in [0.25, 0.3) is 5.69 Å². The van der Waals surface area contributed by atoms with Crippen molar-refractivity contribution in [1.82, 2.24) is 0 Å². The van der Waals surface area contributed by atoms with Crippen molar-refractivity contribution in [2.45, 2.75) is 26.7 Å². The normalized spacial score (nSPS) is 10.4. The van der Waals surface area contributed by atoms with Crippen LogP contribution in [0.4, 0.5) is 11.4 Å². The Bertz CT molecular complexity index is 405. The number of nitro benzene ring substituents is 1. The highest BCUT2D eigenvalue weighted by molar-refractivity contribution is 5.56. The summed E-state index contributed by atoms with van der Waals surface area (Å²) in [7, 11) is 1.50. The second-order valence-electron chi connectivity index (χ2n) is 4.64. The van der Waals surface area contributed by atoms with Crippen LogP contribution in [0.2, 0.25) is 0 Å². The standard InChI is InChI=1S/C13H20N2O3/c1-10(2)5-4-6-14-11-7-12(15(16)17)9-13(8-11)18-3/h7-10,14H,4-6H2,1-3H3. The third-order valence-electron chi connectivity index (χ3n) is 2.63. The van der Waals surface area contributed by atoms with Crippen LogP contribution in [0.5, 0.6) is 5.75 Å². The number of methoxy groups -OCH3 is 1. The molecule has 1 N–H and O–H groups in total. The Morgan fingerprint density at radius 2 is 2.11 bits per heavy atom. The molecule has 1 aromatic carbocycles. The van der Waals surface area contributed by atoms with E-state index < -0.39 is 4.92 Å². The van der Waals surface area contributed by atoms with Crippen molar-refractivity contribution in [3.05, 3.63) is 28.3 Å². The lowest BCUT2D eigenvalue weighted by atomic mass is 10.1. The van der Waals surface area contributed by atoms with Crippen molar-refractivity contribution in [2.75, 3.05) is 19.0 Å². The summed E-state index contributed by atoms with van der Waals surface area (Å²) in [5, 5.41) is 13.9. The highest BCUT2D eigenvalue weighted by Gasteiger charge is 2.09. The molecule has 0 saturated heterocycles. The molecule has 18 heavy (non-hydrogen) atoms. The summed E-state index contributed by atoms with van der Waals surface area (Å²) >= 11 is 0. The average molecular weight is 252 g/mol. The molecule has 0 unspecified atom stereocenters. The molecule has 0 aliphatic rings. The summed E-state index contributed by atoms with van der Waals surface area (Å²) in [6.45, 7) is 5.16. The second-order valence-corrected chi connectivity index (χ2v) is 4.64. The van der Waals surface area contributed by atoms with E-state index in [0.29, 0.717) is 11.7 Å². The summed E-state index contributed by atoms with van der Waals surface area (Å²) in [4.78, 5) is 10.3. The molecule has 0 atom stereocenters. The zero-order valence-corrected chi connectivity index (χ0v) is 11.1. The monoisotopic (exact) mass is 252 g/mol. The Morgan fingerprint density at radius 1 is 1.39 bits per heavy atom. The van der Waals surface area contributed by atoms with E-state index in [0.717, 1.165) is 25.1 Å². The molecular formula is C13H20N2O3. The third-order valence-corrected chi connectivity index (χ3v) is 2.63. The van der Waals surface area contributed by atoms with Gasteiger partial charge in [0.2, 0.25) is 0 Å². The first-order chi connectivity index (χ1) is 8.52. The molecule has 0 saturated carbocycles. The summed E-state index contributed by atoms with van der Waals surface area (Å²) in [6, 6.07) is 4.71. The molecule has 0 aliphatic carbocycles. The lowest BCUT2D eigenvalue weighted by Gasteiger charge is -2.09. The molecule has 5 nitrogen and oxygen atoms in total. The van der Waals surface area contributed by atoms with Crippen LogP contribution >= 0.6 is 0 Å². The van der Waals surface area contributed by atoms with Gasteiger partial charge in [0.05, 0.1) is 18.1 Å². The number of nitro groups is 1. The van der Waals surface area contributed by atoms with Crippen LogP contribution in [0.3, 0.4) is 0 Å². The minimum atomic E-state index is -0.415. The molecule has 100 valence electrons. The van der Waals surface area contributed by atoms with Gasteiger partial charge in [-0.25, -0.2) is 0 Å². The maximum atomic E-state index is 10.8. The predicted octanol–water partition coefficient (Wildman–Crippen LogP) is 3.45. The average Bonchev–Trinajstić information content (AvgIpc) is 2.34. The van der Waals surface area contributed by atoms with E-state index in [2.05, 4.69) is 19.2 Å². The van der Waals surface area contributed by atoms with E-state index >= 15 is 0 Å². The van der Waals surface area contributed by atoms with Crippen LogP contribution < -0.4 is 10.1 Å². The Morgan fingerprint density at radius 3 is 2.67 bits per heavy atom. The minimum absolute atomic E-state index is 0.0423. The SMILES string of the molecule is COc1cc(NCCCC(C)C)cc([N+](=O)[O-])c1. The lowest BCUT2D eigenvalue weighted by Crippen LogP contribution is -2.04. The van der Waals surface area contributed by atoms with Crippen LogP contribution in [-0.2, 0) is 0 Å². The van der Waals surface area contributed by atoms with Crippen molar-refractivity contribution in [1.29, 1.82) is 0 Å². The van der Waals surface area contributed by atoms with E-state index in [1.54, 1.807) is 6.07 Å². The van der Waals surface area contributed by atoms with Gasteiger partial charge in [-0.3, -0.25) is 10.1 Å². The Kier molecular flexibility index (Phi) is 5.42. The Balaban J connectivity index is 2.64. The first kappa shape index (κ1) is 14.3. The van der Waals surface area contributed by atoms with Crippen LogP contribution in [0.25, 0.3) is 0 Å². The fraction of sp³-hybridized carbons (Fsp3) is 0.538. The first-order valence-electron chi connectivity index (χ1n) is 6.10. The van der Waals surface area contributed by atoms with Crippen molar-refractivity contribution >= 4 is 11.4 Å². The van der Waals surface area contributed by atoms with E-state index in [9.17, 15) is 10.1 Å². The minimum Gasteiger partial charge on any atom is -0.496 e. The quantitative estimate of drug-likeness (QED) is 0.458. The smallest absolute Gasteiger partial charge is 0.275 e. The summed E-state index contributed by atoms with van der Waals surface area (Å²) in [5.41, 5.74) is 0.769. The van der Waals surface area contributed by atoms with Crippen molar-refractivity contribution in [2.24, 2.45) is 5.92 Å². The molecule has 0 heterocycles. The van der Waals surface area contributed by atoms with Crippen LogP contribution in [0.1, 0.15) is 26.7 Å². The fourth-order valence-corrected chi connectivity index (χ4v) is 1.65. The topological polar surface area (TPSA) is 64.4 Å². The zero-order chi connectivity index (χ0) is 13.5. The number of nitrogens with zero attached hydrogens (tertiary/aromatic N) is 1. The molecule has 0 aromatic heterocycles. The number of hydrogen-bond acceptors (Lipinski definition) is 4. The Hall–Kier alpha value is -1.78. The first-order valence-corrected chi connectivity index (χ1v) is 6.10. The van der Waals surface area contributed by atoms with E-state index in [1.807, 2.05) is 0 Å². The van der Waals surface area contributed by atoms with Crippen LogP contribution in [0.15, 0.2) is 18.2 Å². The van der Waals surface area contributed by atoms with Crippen molar-refractivity contribution in [3.8, 4) is 5.75 Å². The van der Waals surface area contributed by atoms with Gasteiger partial charge >= 0.3 is 0 Å². The number of benzene rings is 1. The number of nitrogens with one attached hydrogen (secondary N) is 1. The molecule has 1 aromatic rings. The molecule has 5 heteroatoms. The number of non-ortho nitro benzene ring substituents is 1. The maximum Gasteiger partial charge on any atom is 0.275 e. The molecular weight excluding hydrogens is 232 g/mol. The number of hydrogen-bond donors (Lipinski definition) is 1. The fourth-order valence-electron chi connectivity index (χ4n) is 1.65. The van der Waals surface area contributed by atoms with E-state index in [4.69, 9.17) is 4.74 Å². The van der Waals surface area contributed by atoms with Gasteiger partial charge in [0, 0.05) is 24.4 Å². The summed E-state index contributed by atoms with van der Waals surface area (Å²) in [6.07, 6.45) is 2.18. The largest absolute Gasteiger partial charge is 0.496 e. The zero-order valence-electron chi connectivity index (χ0n) is 11.1. The van der Waals surface area contributed by atoms with Gasteiger partial charge in [-0.2, -0.15) is 0 Å². The van der Waals surface area contributed by atoms with Crippen molar-refractivity contribution in [3.63, 3.8) is 0 Å². The van der Waals surface area contributed by atoms with Gasteiger partial charge in [0.1, 0.15) is 5.75 Å². The van der Waals surface area contributed by atoms with Gasteiger partial charge < -0.3 is 10.1 Å². The van der Waals surface area contributed by atoms with E-state index in [-0.39, 0.29) is 5.69 Å². The lowest BCUT2D eigenvalue weighted by molar-refractivity contribution is -0.384. The van der Waals surface area contributed by atoms with Gasteiger partial charge in [0.15, 0.2) is 0 Å². The van der Waals surface area contributed by atoms with E-state index in [1.165, 1.54) is 19.2 Å². The summed E-state index contributed by atoms with van der Waals surface area (Å²) < 4.78 is 5.05. The van der Waals surface area contributed by atoms with Crippen LogP contribution in [0, 0.1) is 16.0 Å². The number of ether oxygens (including phenoxy) is 1. The molecule has 1 rings (SSSR count). The number of rotatable bonds is 7. The van der Waals surface area contributed by atoms with Crippen LogP contribution in [-0.4, -0.2) is 18.6 Å². The predicted molar refractivity (Wildman–Crippen MR) is 72.2 cm³/mol. The molecule has 0 radical (unpaired) electrons. The van der Waals surface area contributed by atoms with Crippen molar-refractivity contribution < 1.29 is 9.66 Å². The Labute approximate surface area is 107 Å². The molecule has 0 spiro atoms. The molecule has 0 fully saturated rings. The maximum absolute atomic E-state index is 10.8. The second kappa shape index (κ2) is 6.83. The molecule has 0 bridgehead atoms. The third kappa shape index (κ3) is 4.61. The number of anilines is 1. The highest BCUT2D eigenvalue weighted by Crippen LogP contribution is 2.25. The molecule has 0 aliphatic heterocycles. The van der Waals surface area contributed by atoms with Gasteiger partial charge in [-0.05, 0) is 18.8 Å². The molecule has 0 amide bonds. The van der Waals surface area contributed by atoms with Gasteiger partial charge in [-0.1, -0.05) is 13.8 Å². The summed E-state index contributed by atoms with van der Waals surface area (Å²) in [5.74, 6) is 1.17.